The van der Waals surface area contributed by atoms with Crippen molar-refractivity contribution in [1.29, 1.82) is 5.26 Å². The van der Waals surface area contributed by atoms with Crippen LogP contribution in [0.3, 0.4) is 0 Å². The molecule has 1 aliphatic rings. The lowest BCUT2D eigenvalue weighted by molar-refractivity contribution is -0.141. The van der Waals surface area contributed by atoms with Crippen LogP contribution in [0.25, 0.3) is 22.8 Å². The molecule has 1 aliphatic carbocycles. The SMILES string of the molecule is N#Cc1n[nH]nc1-c1nc(-c2ccc(C(F)(F)F)nc2)oc1C1CC1. The van der Waals surface area contributed by atoms with Gasteiger partial charge in [-0.3, -0.25) is 4.98 Å². The van der Waals surface area contributed by atoms with Gasteiger partial charge in [-0.2, -0.15) is 28.7 Å². The fourth-order valence-electron chi connectivity index (χ4n) is 2.41. The Kier molecular flexibility index (Phi) is 3.31. The predicted octanol–water partition coefficient (Wildman–Crippen LogP) is 3.29. The van der Waals surface area contributed by atoms with E-state index in [2.05, 4.69) is 25.4 Å². The molecule has 3 aromatic heterocycles. The molecule has 25 heavy (non-hydrogen) atoms. The van der Waals surface area contributed by atoms with Crippen LogP contribution in [0, 0.1) is 11.3 Å². The molecule has 4 rings (SSSR count). The van der Waals surface area contributed by atoms with Crippen LogP contribution in [0.4, 0.5) is 13.2 Å². The average Bonchev–Trinajstić information content (AvgIpc) is 3.17. The van der Waals surface area contributed by atoms with Crippen LogP contribution >= 0.6 is 0 Å². The molecule has 0 saturated heterocycles. The summed E-state index contributed by atoms with van der Waals surface area (Å²) < 4.78 is 43.6. The highest BCUT2D eigenvalue weighted by Crippen LogP contribution is 2.46. The summed E-state index contributed by atoms with van der Waals surface area (Å²) in [6.07, 6.45) is -1.63. The summed E-state index contributed by atoms with van der Waals surface area (Å²) in [6.45, 7) is 0. The van der Waals surface area contributed by atoms with Gasteiger partial charge in [0.15, 0.2) is 11.4 Å². The summed E-state index contributed by atoms with van der Waals surface area (Å²) in [5, 5.41) is 19.1. The van der Waals surface area contributed by atoms with E-state index in [9.17, 15) is 13.2 Å². The third kappa shape index (κ3) is 2.73. The monoisotopic (exact) mass is 346 g/mol. The van der Waals surface area contributed by atoms with Crippen molar-refractivity contribution in [3.05, 3.63) is 35.5 Å². The number of aromatic nitrogens is 5. The standard InChI is InChI=1S/C15H9F3N6O/c16-15(17,18)10-4-3-8(6-20-10)14-21-12(13(25-14)7-1-2-7)11-9(5-19)22-24-23-11/h3-4,6-7H,1-2H2,(H,22,23,24). The average molecular weight is 346 g/mol. The number of rotatable bonds is 3. The van der Waals surface area contributed by atoms with Crippen molar-refractivity contribution in [2.45, 2.75) is 24.9 Å². The molecule has 0 unspecified atom stereocenters. The number of oxazole rings is 1. The summed E-state index contributed by atoms with van der Waals surface area (Å²) in [5.74, 6) is 0.840. The van der Waals surface area contributed by atoms with Crippen LogP contribution < -0.4 is 0 Å². The lowest BCUT2D eigenvalue weighted by atomic mass is 10.2. The Labute approximate surface area is 138 Å². The molecular weight excluding hydrogens is 337 g/mol. The maximum absolute atomic E-state index is 12.6. The lowest BCUT2D eigenvalue weighted by Crippen LogP contribution is -2.07. The predicted molar refractivity (Wildman–Crippen MR) is 76.8 cm³/mol. The van der Waals surface area contributed by atoms with Gasteiger partial charge in [0.2, 0.25) is 5.89 Å². The number of pyridine rings is 1. The van der Waals surface area contributed by atoms with Crippen molar-refractivity contribution in [3.63, 3.8) is 0 Å². The number of aromatic amines is 1. The molecule has 0 amide bonds. The van der Waals surface area contributed by atoms with Gasteiger partial charge < -0.3 is 4.42 Å². The summed E-state index contributed by atoms with van der Waals surface area (Å²) >= 11 is 0. The molecule has 7 nitrogen and oxygen atoms in total. The molecule has 1 fully saturated rings. The van der Waals surface area contributed by atoms with E-state index in [1.807, 2.05) is 6.07 Å². The van der Waals surface area contributed by atoms with Crippen molar-refractivity contribution in [2.75, 3.05) is 0 Å². The summed E-state index contributed by atoms with van der Waals surface area (Å²) in [4.78, 5) is 7.73. The molecule has 0 aromatic carbocycles. The normalized spacial score (nSPS) is 14.5. The van der Waals surface area contributed by atoms with Gasteiger partial charge in [0.1, 0.15) is 23.2 Å². The van der Waals surface area contributed by atoms with Crippen molar-refractivity contribution in [1.82, 2.24) is 25.4 Å². The second kappa shape index (κ2) is 5.41. The minimum Gasteiger partial charge on any atom is -0.440 e. The van der Waals surface area contributed by atoms with Crippen LogP contribution in [0.15, 0.2) is 22.7 Å². The van der Waals surface area contributed by atoms with Crippen molar-refractivity contribution in [2.24, 2.45) is 0 Å². The van der Waals surface area contributed by atoms with Gasteiger partial charge in [0.05, 0.1) is 5.56 Å². The minimum atomic E-state index is -4.51. The van der Waals surface area contributed by atoms with E-state index in [4.69, 9.17) is 9.68 Å². The van der Waals surface area contributed by atoms with Crippen LogP contribution in [-0.2, 0) is 6.18 Å². The number of H-pyrrole nitrogens is 1. The first-order chi connectivity index (χ1) is 12.0. The number of nitrogens with one attached hydrogen (secondary N) is 1. The van der Waals surface area contributed by atoms with Crippen molar-refractivity contribution in [3.8, 4) is 28.9 Å². The second-order valence-corrected chi connectivity index (χ2v) is 5.57. The number of alkyl halides is 3. The first-order valence-corrected chi connectivity index (χ1v) is 7.33. The Hall–Kier alpha value is -3.22. The molecule has 10 heteroatoms. The highest BCUT2D eigenvalue weighted by atomic mass is 19.4. The van der Waals surface area contributed by atoms with E-state index < -0.39 is 11.9 Å². The van der Waals surface area contributed by atoms with Crippen LogP contribution in [0.2, 0.25) is 0 Å². The molecule has 1 N–H and O–H groups in total. The molecule has 126 valence electrons. The highest BCUT2D eigenvalue weighted by molar-refractivity contribution is 5.66. The second-order valence-electron chi connectivity index (χ2n) is 5.57. The van der Waals surface area contributed by atoms with Crippen LogP contribution in [-0.4, -0.2) is 25.4 Å². The molecule has 0 radical (unpaired) electrons. The molecule has 3 aromatic rings. The van der Waals surface area contributed by atoms with E-state index >= 15 is 0 Å². The zero-order chi connectivity index (χ0) is 17.6. The first-order valence-electron chi connectivity index (χ1n) is 7.33. The quantitative estimate of drug-likeness (QED) is 0.780. The smallest absolute Gasteiger partial charge is 0.433 e. The van der Waals surface area contributed by atoms with Gasteiger partial charge in [0.25, 0.3) is 0 Å². The summed E-state index contributed by atoms with van der Waals surface area (Å²) in [5.41, 5.74) is 0.0335. The van der Waals surface area contributed by atoms with Gasteiger partial charge in [-0.15, -0.1) is 5.10 Å². The van der Waals surface area contributed by atoms with Gasteiger partial charge >= 0.3 is 6.18 Å². The minimum absolute atomic E-state index is 0.0762. The maximum Gasteiger partial charge on any atom is 0.433 e. The topological polar surface area (TPSA) is 104 Å². The van der Waals surface area contributed by atoms with Crippen molar-refractivity contribution >= 4 is 0 Å². The third-order valence-electron chi connectivity index (χ3n) is 3.78. The van der Waals surface area contributed by atoms with E-state index in [-0.39, 0.29) is 23.2 Å². The zero-order valence-corrected chi connectivity index (χ0v) is 12.5. The zero-order valence-electron chi connectivity index (χ0n) is 12.5. The van der Waals surface area contributed by atoms with Crippen LogP contribution in [0.5, 0.6) is 0 Å². The number of hydrogen-bond donors (Lipinski definition) is 1. The number of nitrogens with zero attached hydrogens (tertiary/aromatic N) is 5. The molecule has 3 heterocycles. The molecule has 1 saturated carbocycles. The van der Waals surface area contributed by atoms with Gasteiger partial charge in [0, 0.05) is 12.1 Å². The van der Waals surface area contributed by atoms with Gasteiger partial charge in [-0.25, -0.2) is 4.98 Å². The van der Waals surface area contributed by atoms with Gasteiger partial charge in [-0.1, -0.05) is 0 Å². The summed E-state index contributed by atoms with van der Waals surface area (Å²) in [7, 11) is 0. The lowest BCUT2D eigenvalue weighted by Gasteiger charge is -2.04. The number of halogens is 3. The molecule has 0 spiro atoms. The maximum atomic E-state index is 12.6. The first kappa shape index (κ1) is 15.3. The Balaban J connectivity index is 1.77. The van der Waals surface area contributed by atoms with Crippen molar-refractivity contribution < 1.29 is 17.6 Å². The van der Waals surface area contributed by atoms with E-state index in [0.717, 1.165) is 25.1 Å². The van der Waals surface area contributed by atoms with E-state index in [0.29, 0.717) is 17.0 Å². The molecule has 0 aliphatic heterocycles. The summed E-state index contributed by atoms with van der Waals surface area (Å²) in [6, 6.07) is 4.02. The Morgan fingerprint density at radius 1 is 1.20 bits per heavy atom. The molecule has 0 atom stereocenters. The van der Waals surface area contributed by atoms with E-state index in [1.54, 1.807) is 0 Å². The van der Waals surface area contributed by atoms with Gasteiger partial charge in [-0.05, 0) is 25.0 Å². The Morgan fingerprint density at radius 3 is 2.60 bits per heavy atom. The number of nitriles is 1. The molecule has 0 bridgehead atoms. The van der Waals surface area contributed by atoms with Crippen LogP contribution in [0.1, 0.15) is 35.9 Å². The third-order valence-corrected chi connectivity index (χ3v) is 3.78. The molecular formula is C15H9F3N6O. The highest BCUT2D eigenvalue weighted by Gasteiger charge is 2.35. The fourth-order valence-corrected chi connectivity index (χ4v) is 2.41. The number of hydrogen-bond acceptors (Lipinski definition) is 6. The van der Waals surface area contributed by atoms with E-state index in [1.165, 1.54) is 6.07 Å². The largest absolute Gasteiger partial charge is 0.440 e. The Morgan fingerprint density at radius 2 is 2.00 bits per heavy atom. The Bertz CT molecular complexity index is 963. The fraction of sp³-hybridized carbons (Fsp3) is 0.267.